The van der Waals surface area contributed by atoms with E-state index >= 15 is 0 Å². The van der Waals surface area contributed by atoms with Gasteiger partial charge >= 0.3 is 0 Å². The van der Waals surface area contributed by atoms with Crippen molar-refractivity contribution in [3.05, 3.63) is 65.2 Å². The molecular formula is C18H18O3. The van der Waals surface area contributed by atoms with Gasteiger partial charge in [0.1, 0.15) is 12.0 Å². The minimum Gasteiger partial charge on any atom is -0.485 e. The fraction of sp³-hybridized carbons (Fsp3) is 0.222. The predicted molar refractivity (Wildman–Crippen MR) is 82.1 cm³/mol. The number of ether oxygens (including phenoxy) is 1. The Balaban J connectivity index is 1.96. The van der Waals surface area contributed by atoms with Gasteiger partial charge in [0, 0.05) is 11.1 Å². The Bertz CT molecular complexity index is 615. The molecule has 0 aliphatic rings. The second-order valence-electron chi connectivity index (χ2n) is 4.85. The number of carbonyl (C=O) groups is 2. The minimum absolute atomic E-state index is 0.0323. The smallest absolute Gasteiger partial charge is 0.200 e. The summed E-state index contributed by atoms with van der Waals surface area (Å²) in [6.07, 6.45) is 2.86. The number of carbonyl (C=O) groups excluding carboxylic acids is 2. The highest BCUT2D eigenvalue weighted by molar-refractivity contribution is 5.97. The molecule has 3 heteroatoms. The molecule has 0 aliphatic carbocycles. The molecule has 0 fully saturated rings. The fourth-order valence-electron chi connectivity index (χ4n) is 2.06. The molecule has 2 aromatic carbocycles. The largest absolute Gasteiger partial charge is 0.485 e. The summed E-state index contributed by atoms with van der Waals surface area (Å²) in [5, 5.41) is 0. The van der Waals surface area contributed by atoms with Crippen LogP contribution in [0.3, 0.4) is 0 Å². The molecule has 0 unspecified atom stereocenters. The third kappa shape index (κ3) is 4.28. The van der Waals surface area contributed by atoms with Gasteiger partial charge in [0.05, 0.1) is 0 Å². The van der Waals surface area contributed by atoms with Gasteiger partial charge in [-0.15, -0.1) is 0 Å². The molecule has 0 spiro atoms. The molecule has 0 heterocycles. The lowest BCUT2D eigenvalue weighted by molar-refractivity contribution is 0.0921. The van der Waals surface area contributed by atoms with E-state index in [-0.39, 0.29) is 12.4 Å². The van der Waals surface area contributed by atoms with Gasteiger partial charge in [-0.3, -0.25) is 9.59 Å². The third-order valence-corrected chi connectivity index (χ3v) is 3.18. The van der Waals surface area contributed by atoms with Crippen LogP contribution in [0.25, 0.3) is 0 Å². The van der Waals surface area contributed by atoms with Gasteiger partial charge in [0.25, 0.3) is 0 Å². The summed E-state index contributed by atoms with van der Waals surface area (Å²) >= 11 is 0. The second kappa shape index (κ2) is 7.39. The number of aryl methyl sites for hydroxylation is 1. The van der Waals surface area contributed by atoms with Gasteiger partial charge < -0.3 is 4.74 Å². The van der Waals surface area contributed by atoms with Crippen molar-refractivity contribution in [1.82, 2.24) is 0 Å². The molecule has 0 radical (unpaired) electrons. The van der Waals surface area contributed by atoms with Crippen LogP contribution in [0.4, 0.5) is 0 Å². The van der Waals surface area contributed by atoms with Gasteiger partial charge in [-0.25, -0.2) is 0 Å². The van der Waals surface area contributed by atoms with E-state index in [1.807, 2.05) is 24.3 Å². The summed E-state index contributed by atoms with van der Waals surface area (Å²) in [5.74, 6) is 0.449. The number of benzene rings is 2. The first kappa shape index (κ1) is 15.0. The van der Waals surface area contributed by atoms with Gasteiger partial charge in [0.2, 0.25) is 0 Å². The number of ketones is 1. The van der Waals surface area contributed by atoms with E-state index in [0.29, 0.717) is 16.9 Å². The van der Waals surface area contributed by atoms with Gasteiger partial charge in [-0.05, 0) is 24.1 Å². The molecule has 21 heavy (non-hydrogen) atoms. The van der Waals surface area contributed by atoms with Crippen molar-refractivity contribution in [2.24, 2.45) is 0 Å². The molecule has 2 rings (SSSR count). The molecule has 108 valence electrons. The molecule has 0 amide bonds. The Morgan fingerprint density at radius 1 is 1.14 bits per heavy atom. The minimum atomic E-state index is -0.0745. The molecule has 0 bridgehead atoms. The number of aldehydes is 1. The lowest BCUT2D eigenvalue weighted by Crippen LogP contribution is -2.11. The lowest BCUT2D eigenvalue weighted by Gasteiger charge is -2.06. The highest BCUT2D eigenvalue weighted by Crippen LogP contribution is 2.13. The monoisotopic (exact) mass is 282 g/mol. The number of hydrogen-bond donors (Lipinski definition) is 0. The van der Waals surface area contributed by atoms with Crippen molar-refractivity contribution in [3.8, 4) is 5.75 Å². The molecule has 0 saturated heterocycles. The van der Waals surface area contributed by atoms with E-state index in [1.165, 1.54) is 5.56 Å². The summed E-state index contributed by atoms with van der Waals surface area (Å²) < 4.78 is 5.43. The average Bonchev–Trinajstić information content (AvgIpc) is 2.54. The normalized spacial score (nSPS) is 10.1. The Morgan fingerprint density at radius 2 is 1.90 bits per heavy atom. The summed E-state index contributed by atoms with van der Waals surface area (Å²) in [7, 11) is 0. The molecule has 0 saturated carbocycles. The van der Waals surface area contributed by atoms with E-state index in [2.05, 4.69) is 6.92 Å². The SMILES string of the molecule is CCCc1ccc(C(=O)COc2cccc(C=O)c2)cc1. The zero-order valence-electron chi connectivity index (χ0n) is 12.0. The Morgan fingerprint density at radius 3 is 2.57 bits per heavy atom. The van der Waals surface area contributed by atoms with Crippen LogP contribution in [-0.4, -0.2) is 18.7 Å². The van der Waals surface area contributed by atoms with Crippen molar-refractivity contribution in [3.63, 3.8) is 0 Å². The van der Waals surface area contributed by atoms with Crippen LogP contribution in [0.15, 0.2) is 48.5 Å². The van der Waals surface area contributed by atoms with Gasteiger partial charge in [-0.1, -0.05) is 49.7 Å². The highest BCUT2D eigenvalue weighted by atomic mass is 16.5. The summed E-state index contributed by atoms with van der Waals surface area (Å²) in [5.41, 5.74) is 2.40. The maximum atomic E-state index is 12.0. The zero-order chi connectivity index (χ0) is 15.1. The Labute approximate surface area is 124 Å². The van der Waals surface area contributed by atoms with E-state index in [4.69, 9.17) is 4.74 Å². The van der Waals surface area contributed by atoms with Crippen molar-refractivity contribution >= 4 is 12.1 Å². The summed E-state index contributed by atoms with van der Waals surface area (Å²) in [6, 6.07) is 14.4. The topological polar surface area (TPSA) is 43.4 Å². The van der Waals surface area contributed by atoms with E-state index in [9.17, 15) is 9.59 Å². The molecule has 2 aromatic rings. The molecule has 3 nitrogen and oxygen atoms in total. The van der Waals surface area contributed by atoms with Crippen molar-refractivity contribution < 1.29 is 14.3 Å². The fourth-order valence-corrected chi connectivity index (χ4v) is 2.06. The van der Waals surface area contributed by atoms with Crippen molar-refractivity contribution in [2.45, 2.75) is 19.8 Å². The molecule has 0 N–H and O–H groups in total. The van der Waals surface area contributed by atoms with Crippen molar-refractivity contribution in [2.75, 3.05) is 6.61 Å². The first-order chi connectivity index (χ1) is 10.2. The predicted octanol–water partition coefficient (Wildman–Crippen LogP) is 3.71. The van der Waals surface area contributed by atoms with Crippen LogP contribution in [-0.2, 0) is 6.42 Å². The van der Waals surface area contributed by atoms with E-state index < -0.39 is 0 Å². The molecular weight excluding hydrogens is 264 g/mol. The lowest BCUT2D eigenvalue weighted by atomic mass is 10.1. The first-order valence-corrected chi connectivity index (χ1v) is 7.03. The van der Waals surface area contributed by atoms with Crippen LogP contribution < -0.4 is 4.74 Å². The molecule has 0 aromatic heterocycles. The first-order valence-electron chi connectivity index (χ1n) is 7.03. The number of Topliss-reactive ketones (excluding diaryl/α,β-unsaturated/α-hetero) is 1. The highest BCUT2D eigenvalue weighted by Gasteiger charge is 2.07. The van der Waals surface area contributed by atoms with Gasteiger partial charge in [-0.2, -0.15) is 0 Å². The average molecular weight is 282 g/mol. The second-order valence-corrected chi connectivity index (χ2v) is 4.85. The van der Waals surface area contributed by atoms with Crippen molar-refractivity contribution in [1.29, 1.82) is 0 Å². The van der Waals surface area contributed by atoms with Crippen LogP contribution >= 0.6 is 0 Å². The van der Waals surface area contributed by atoms with E-state index in [0.717, 1.165) is 19.1 Å². The van der Waals surface area contributed by atoms with E-state index in [1.54, 1.807) is 24.3 Å². The summed E-state index contributed by atoms with van der Waals surface area (Å²) in [4.78, 5) is 22.7. The standard InChI is InChI=1S/C18H18O3/c1-2-4-14-7-9-16(10-8-14)18(20)13-21-17-6-3-5-15(11-17)12-19/h3,5-12H,2,4,13H2,1H3. The summed E-state index contributed by atoms with van der Waals surface area (Å²) in [6.45, 7) is 2.09. The maximum Gasteiger partial charge on any atom is 0.200 e. The zero-order valence-corrected chi connectivity index (χ0v) is 12.0. The number of hydrogen-bond acceptors (Lipinski definition) is 3. The van der Waals surface area contributed by atoms with Crippen LogP contribution in [0.5, 0.6) is 5.75 Å². The quantitative estimate of drug-likeness (QED) is 0.574. The molecule has 0 aliphatic heterocycles. The third-order valence-electron chi connectivity index (χ3n) is 3.18. The van der Waals surface area contributed by atoms with Crippen LogP contribution in [0.1, 0.15) is 39.6 Å². The maximum absolute atomic E-state index is 12.0. The Kier molecular flexibility index (Phi) is 5.27. The van der Waals surface area contributed by atoms with Gasteiger partial charge in [0.15, 0.2) is 12.4 Å². The van der Waals surface area contributed by atoms with Crippen LogP contribution in [0.2, 0.25) is 0 Å². The molecule has 0 atom stereocenters. The number of rotatable bonds is 7. The Hall–Kier alpha value is -2.42. The van der Waals surface area contributed by atoms with Crippen LogP contribution in [0, 0.1) is 0 Å².